The molecule has 0 aliphatic heterocycles. The van der Waals surface area contributed by atoms with Crippen molar-refractivity contribution in [2.45, 2.75) is 6.42 Å². The molecule has 5 heteroatoms. The minimum atomic E-state index is -0.413. The maximum Gasteiger partial charge on any atom is 0.269 e. The van der Waals surface area contributed by atoms with Crippen LogP contribution in [0.15, 0.2) is 24.0 Å². The van der Waals surface area contributed by atoms with Crippen molar-refractivity contribution >= 4 is 12.6 Å². The van der Waals surface area contributed by atoms with E-state index in [0.29, 0.717) is 11.4 Å². The Morgan fingerprint density at radius 2 is 2.42 bits per heavy atom. The van der Waals surface area contributed by atoms with E-state index in [4.69, 9.17) is 0 Å². The summed E-state index contributed by atoms with van der Waals surface area (Å²) in [6, 6.07) is 0. The molecule has 0 aliphatic rings. The predicted molar refractivity (Wildman–Crippen MR) is 51.7 cm³/mol. The summed E-state index contributed by atoms with van der Waals surface area (Å²) < 4.78 is 0. The van der Waals surface area contributed by atoms with E-state index in [1.165, 1.54) is 6.08 Å². The molecule has 0 amide bonds. The molecule has 1 N–H and O–H groups in total. The van der Waals surface area contributed by atoms with Gasteiger partial charge in [-0.3, -0.25) is 10.1 Å². The first-order chi connectivity index (χ1) is 5.67. The zero-order chi connectivity index (χ0) is 9.56. The average Bonchev–Trinajstić information content (AvgIpc) is 2.05. The van der Waals surface area contributed by atoms with Gasteiger partial charge in [-0.2, -0.15) is 12.6 Å². The number of nitrogens with zero attached hydrogens (tertiary/aromatic N) is 1. The predicted octanol–water partition coefficient (Wildman–Crippen LogP) is 1.20. The van der Waals surface area contributed by atoms with Gasteiger partial charge in [0, 0.05) is 12.8 Å². The highest BCUT2D eigenvalue weighted by Crippen LogP contribution is 2.08. The molecule has 0 fully saturated rings. The Morgan fingerprint density at radius 1 is 1.83 bits per heavy atom. The molecule has 0 aromatic rings. The normalized spacial score (nSPS) is 11.8. The zero-order valence-corrected chi connectivity index (χ0v) is 7.80. The van der Waals surface area contributed by atoms with Crippen LogP contribution in [-0.4, -0.2) is 17.7 Å². The van der Waals surface area contributed by atoms with Crippen LogP contribution in [0, 0.1) is 10.1 Å². The standard InChI is InChI=1S/C7H12N2O2S/c1-3-4-7(9(10)11)6(5-12)8-2/h3,8,12H,1,4-5H2,2H3. The van der Waals surface area contributed by atoms with E-state index in [-0.39, 0.29) is 12.1 Å². The van der Waals surface area contributed by atoms with Gasteiger partial charge >= 0.3 is 0 Å². The second kappa shape index (κ2) is 5.65. The molecule has 0 aromatic carbocycles. The van der Waals surface area contributed by atoms with Crippen molar-refractivity contribution in [2.24, 2.45) is 0 Å². The summed E-state index contributed by atoms with van der Waals surface area (Å²) in [5.74, 6) is 0.334. The summed E-state index contributed by atoms with van der Waals surface area (Å²) in [5, 5.41) is 13.2. The molecule has 0 bridgehead atoms. The van der Waals surface area contributed by atoms with Crippen LogP contribution < -0.4 is 5.32 Å². The minimum absolute atomic E-state index is 0.127. The summed E-state index contributed by atoms with van der Waals surface area (Å²) >= 11 is 3.96. The summed E-state index contributed by atoms with van der Waals surface area (Å²) in [6.45, 7) is 3.44. The summed E-state index contributed by atoms with van der Waals surface area (Å²) in [5.41, 5.74) is 0.658. The summed E-state index contributed by atoms with van der Waals surface area (Å²) in [6.07, 6.45) is 1.75. The number of thiol groups is 1. The third-order valence-corrected chi connectivity index (χ3v) is 1.68. The fourth-order valence-electron chi connectivity index (χ4n) is 0.759. The van der Waals surface area contributed by atoms with E-state index in [1.54, 1.807) is 7.05 Å². The van der Waals surface area contributed by atoms with E-state index in [1.807, 2.05) is 0 Å². The molecular formula is C7H12N2O2S. The highest BCUT2D eigenvalue weighted by atomic mass is 32.1. The lowest BCUT2D eigenvalue weighted by molar-refractivity contribution is -0.428. The number of rotatable bonds is 5. The van der Waals surface area contributed by atoms with Crippen molar-refractivity contribution in [2.75, 3.05) is 12.8 Å². The maximum atomic E-state index is 10.5. The molecule has 0 saturated carbocycles. The van der Waals surface area contributed by atoms with Gasteiger partial charge in [0.25, 0.3) is 5.70 Å². The van der Waals surface area contributed by atoms with Crippen LogP contribution in [0.1, 0.15) is 6.42 Å². The van der Waals surface area contributed by atoms with Crippen molar-refractivity contribution in [3.8, 4) is 0 Å². The van der Waals surface area contributed by atoms with Crippen molar-refractivity contribution in [1.82, 2.24) is 5.32 Å². The van der Waals surface area contributed by atoms with Crippen molar-refractivity contribution < 1.29 is 4.92 Å². The Balaban J connectivity index is 4.74. The van der Waals surface area contributed by atoms with Gasteiger partial charge in [-0.1, -0.05) is 6.08 Å². The van der Waals surface area contributed by atoms with Gasteiger partial charge in [0.2, 0.25) is 0 Å². The first-order valence-corrected chi connectivity index (χ1v) is 4.06. The van der Waals surface area contributed by atoms with Crippen molar-refractivity contribution in [3.05, 3.63) is 34.2 Å². The fourth-order valence-corrected chi connectivity index (χ4v) is 1.10. The van der Waals surface area contributed by atoms with E-state index in [9.17, 15) is 10.1 Å². The molecule has 0 atom stereocenters. The van der Waals surface area contributed by atoms with Crippen LogP contribution in [-0.2, 0) is 0 Å². The lowest BCUT2D eigenvalue weighted by atomic mass is 10.2. The topological polar surface area (TPSA) is 55.2 Å². The number of nitrogens with one attached hydrogen (secondary N) is 1. The van der Waals surface area contributed by atoms with E-state index in [2.05, 4.69) is 24.5 Å². The smallest absolute Gasteiger partial charge is 0.269 e. The molecule has 12 heavy (non-hydrogen) atoms. The molecular weight excluding hydrogens is 176 g/mol. The molecule has 0 rings (SSSR count). The Hall–Kier alpha value is -0.970. The van der Waals surface area contributed by atoms with Gasteiger partial charge < -0.3 is 5.32 Å². The fraction of sp³-hybridized carbons (Fsp3) is 0.429. The first-order valence-electron chi connectivity index (χ1n) is 3.43. The highest BCUT2D eigenvalue weighted by molar-refractivity contribution is 7.80. The molecule has 0 saturated heterocycles. The average molecular weight is 188 g/mol. The molecule has 68 valence electrons. The molecule has 0 aromatic heterocycles. The quantitative estimate of drug-likeness (QED) is 0.295. The third kappa shape index (κ3) is 2.96. The van der Waals surface area contributed by atoms with Gasteiger partial charge in [-0.25, -0.2) is 0 Å². The van der Waals surface area contributed by atoms with Gasteiger partial charge in [0.1, 0.15) is 0 Å². The third-order valence-electron chi connectivity index (χ3n) is 1.37. The number of allylic oxidation sites excluding steroid dienone is 1. The lowest BCUT2D eigenvalue weighted by Gasteiger charge is -2.03. The zero-order valence-electron chi connectivity index (χ0n) is 6.91. The second-order valence-electron chi connectivity index (χ2n) is 2.08. The molecule has 0 aliphatic carbocycles. The maximum absolute atomic E-state index is 10.5. The lowest BCUT2D eigenvalue weighted by Crippen LogP contribution is -2.14. The molecule has 0 unspecified atom stereocenters. The van der Waals surface area contributed by atoms with Crippen LogP contribution in [0.4, 0.5) is 0 Å². The summed E-state index contributed by atoms with van der Waals surface area (Å²) in [7, 11) is 1.64. The Bertz CT molecular complexity index is 207. The molecule has 4 nitrogen and oxygen atoms in total. The van der Waals surface area contributed by atoms with Gasteiger partial charge in [0.05, 0.1) is 17.0 Å². The number of nitro groups is 1. The van der Waals surface area contributed by atoms with Crippen LogP contribution in [0.5, 0.6) is 0 Å². The van der Waals surface area contributed by atoms with E-state index >= 15 is 0 Å². The first kappa shape index (κ1) is 11.0. The van der Waals surface area contributed by atoms with Gasteiger partial charge in [-0.15, -0.1) is 6.58 Å². The van der Waals surface area contributed by atoms with Gasteiger partial charge in [-0.05, 0) is 0 Å². The van der Waals surface area contributed by atoms with E-state index < -0.39 is 4.92 Å². The van der Waals surface area contributed by atoms with Gasteiger partial charge in [0.15, 0.2) is 0 Å². The van der Waals surface area contributed by atoms with Crippen LogP contribution in [0.2, 0.25) is 0 Å². The molecule has 0 radical (unpaired) electrons. The van der Waals surface area contributed by atoms with Crippen LogP contribution in [0.25, 0.3) is 0 Å². The second-order valence-corrected chi connectivity index (χ2v) is 2.40. The van der Waals surface area contributed by atoms with E-state index in [0.717, 1.165) is 0 Å². The minimum Gasteiger partial charge on any atom is -0.386 e. The number of hydrogen-bond acceptors (Lipinski definition) is 4. The Labute approximate surface area is 76.9 Å². The molecule has 0 spiro atoms. The largest absolute Gasteiger partial charge is 0.386 e. The summed E-state index contributed by atoms with van der Waals surface area (Å²) in [4.78, 5) is 10.1. The van der Waals surface area contributed by atoms with Crippen LogP contribution in [0.3, 0.4) is 0 Å². The molecule has 0 heterocycles. The van der Waals surface area contributed by atoms with Crippen LogP contribution >= 0.6 is 12.6 Å². The SMILES string of the molecule is C=CCC(=C(CS)NC)[N+](=O)[O-]. The van der Waals surface area contributed by atoms with Crippen molar-refractivity contribution in [1.29, 1.82) is 0 Å². The Morgan fingerprint density at radius 3 is 2.67 bits per heavy atom. The monoisotopic (exact) mass is 188 g/mol. The highest BCUT2D eigenvalue weighted by Gasteiger charge is 2.14. The Kier molecular flexibility index (Phi) is 5.19. The number of hydrogen-bond donors (Lipinski definition) is 2. The van der Waals surface area contributed by atoms with Crippen molar-refractivity contribution in [3.63, 3.8) is 0 Å².